The largest absolute Gasteiger partial charge is 0.466 e. The van der Waals surface area contributed by atoms with E-state index in [0.717, 1.165) is 49.4 Å². The van der Waals surface area contributed by atoms with Crippen LogP contribution in [0.2, 0.25) is 0 Å². The van der Waals surface area contributed by atoms with Crippen molar-refractivity contribution in [1.82, 2.24) is 19.9 Å². The van der Waals surface area contributed by atoms with Crippen LogP contribution in [0.4, 0.5) is 0 Å². The molecule has 0 spiro atoms. The topological polar surface area (TPSA) is 77.9 Å². The van der Waals surface area contributed by atoms with E-state index >= 15 is 0 Å². The SMILES string of the molecule is CCOC(=O)CCCC#Cc1ccc2nc3c4cccnc4c4ncccc4c3nc2c1. The van der Waals surface area contributed by atoms with Gasteiger partial charge in [0.15, 0.2) is 0 Å². The number of aromatic nitrogens is 4. The molecule has 0 aliphatic rings. The molecule has 0 saturated carbocycles. The Morgan fingerprint density at radius 2 is 1.59 bits per heavy atom. The summed E-state index contributed by atoms with van der Waals surface area (Å²) < 4.78 is 4.94. The first-order valence-corrected chi connectivity index (χ1v) is 10.6. The Balaban J connectivity index is 1.54. The van der Waals surface area contributed by atoms with Gasteiger partial charge in [-0.2, -0.15) is 0 Å². The van der Waals surface area contributed by atoms with Gasteiger partial charge in [-0.05, 0) is 55.8 Å². The van der Waals surface area contributed by atoms with Crippen molar-refractivity contribution in [3.8, 4) is 11.8 Å². The lowest BCUT2D eigenvalue weighted by Crippen LogP contribution is -2.02. The van der Waals surface area contributed by atoms with Crippen LogP contribution in [0.5, 0.6) is 0 Å². The number of esters is 1. The molecule has 2 aromatic carbocycles. The highest BCUT2D eigenvalue weighted by atomic mass is 16.5. The van der Waals surface area contributed by atoms with Crippen molar-refractivity contribution < 1.29 is 9.53 Å². The lowest BCUT2D eigenvalue weighted by molar-refractivity contribution is -0.143. The number of fused-ring (bicyclic) bond motifs is 7. The van der Waals surface area contributed by atoms with Crippen LogP contribution in [0.3, 0.4) is 0 Å². The van der Waals surface area contributed by atoms with Crippen molar-refractivity contribution in [2.75, 3.05) is 6.61 Å². The van der Waals surface area contributed by atoms with E-state index in [9.17, 15) is 4.79 Å². The molecule has 0 unspecified atom stereocenters. The number of carbonyl (C=O) groups is 1. The normalized spacial score (nSPS) is 11.0. The molecule has 0 N–H and O–H groups in total. The summed E-state index contributed by atoms with van der Waals surface area (Å²) in [5.41, 5.74) is 5.73. The third-order valence-corrected chi connectivity index (χ3v) is 5.23. The van der Waals surface area contributed by atoms with Crippen molar-refractivity contribution >= 4 is 49.8 Å². The number of benzene rings is 2. The highest BCUT2D eigenvalue weighted by Crippen LogP contribution is 2.31. The predicted octanol–water partition coefficient (Wildman–Crippen LogP) is 4.96. The Kier molecular flexibility index (Phi) is 5.30. The number of pyridine rings is 2. The van der Waals surface area contributed by atoms with E-state index in [1.54, 1.807) is 12.4 Å². The Labute approximate surface area is 184 Å². The molecule has 0 saturated heterocycles. The van der Waals surface area contributed by atoms with Gasteiger partial charge in [-0.25, -0.2) is 9.97 Å². The minimum atomic E-state index is -0.174. The van der Waals surface area contributed by atoms with E-state index in [2.05, 4.69) is 21.8 Å². The standard InChI is InChI=1S/C26H20N4O2/c1-2-32-22(31)11-5-3-4-8-17-12-13-20-21(16-17)30-26-19-10-7-15-28-24(19)23-18(25(26)29-20)9-6-14-27-23/h6-7,9-10,12-16H,2-3,5,11H2,1H3. The smallest absolute Gasteiger partial charge is 0.305 e. The summed E-state index contributed by atoms with van der Waals surface area (Å²) in [5, 5.41) is 1.87. The van der Waals surface area contributed by atoms with Crippen LogP contribution in [0.25, 0.3) is 43.9 Å². The molecule has 0 fully saturated rings. The van der Waals surface area contributed by atoms with Crippen LogP contribution < -0.4 is 0 Å². The molecule has 0 atom stereocenters. The minimum Gasteiger partial charge on any atom is -0.466 e. The van der Waals surface area contributed by atoms with Crippen LogP contribution in [0.1, 0.15) is 31.7 Å². The number of rotatable bonds is 4. The molecule has 0 aliphatic carbocycles. The molecule has 0 bridgehead atoms. The van der Waals surface area contributed by atoms with Gasteiger partial charge in [-0.1, -0.05) is 11.8 Å². The molecule has 32 heavy (non-hydrogen) atoms. The van der Waals surface area contributed by atoms with Gasteiger partial charge in [0.25, 0.3) is 0 Å². The van der Waals surface area contributed by atoms with Gasteiger partial charge in [0.05, 0.1) is 39.7 Å². The molecule has 156 valence electrons. The lowest BCUT2D eigenvalue weighted by Gasteiger charge is -2.08. The highest BCUT2D eigenvalue weighted by Gasteiger charge is 2.13. The zero-order valence-corrected chi connectivity index (χ0v) is 17.6. The quantitative estimate of drug-likeness (QED) is 0.134. The molecular formula is C26H20N4O2. The van der Waals surface area contributed by atoms with E-state index in [1.807, 2.05) is 49.4 Å². The van der Waals surface area contributed by atoms with Gasteiger partial charge in [0, 0.05) is 41.6 Å². The molecule has 6 nitrogen and oxygen atoms in total. The second-order valence-electron chi connectivity index (χ2n) is 7.38. The fraction of sp³-hybridized carbons (Fsp3) is 0.192. The summed E-state index contributed by atoms with van der Waals surface area (Å²) in [6.45, 7) is 2.22. The molecule has 0 amide bonds. The number of hydrogen-bond donors (Lipinski definition) is 0. The number of ether oxygens (including phenoxy) is 1. The predicted molar refractivity (Wildman–Crippen MR) is 125 cm³/mol. The Morgan fingerprint density at radius 1 is 0.906 bits per heavy atom. The summed E-state index contributed by atoms with van der Waals surface area (Å²) >= 11 is 0. The number of unbranched alkanes of at least 4 members (excludes halogenated alkanes) is 1. The zero-order valence-electron chi connectivity index (χ0n) is 17.6. The van der Waals surface area contributed by atoms with Gasteiger partial charge in [0.2, 0.25) is 0 Å². The Bertz CT molecular complexity index is 1550. The molecule has 3 heterocycles. The first-order chi connectivity index (χ1) is 15.7. The maximum Gasteiger partial charge on any atom is 0.305 e. The maximum atomic E-state index is 11.4. The summed E-state index contributed by atoms with van der Waals surface area (Å²) in [5.74, 6) is 6.12. The van der Waals surface area contributed by atoms with Gasteiger partial charge >= 0.3 is 5.97 Å². The molecule has 0 radical (unpaired) electrons. The van der Waals surface area contributed by atoms with Crippen LogP contribution in [-0.2, 0) is 9.53 Å². The van der Waals surface area contributed by atoms with Crippen molar-refractivity contribution in [2.24, 2.45) is 0 Å². The van der Waals surface area contributed by atoms with Gasteiger partial charge in [0.1, 0.15) is 0 Å². The molecule has 5 rings (SSSR count). The second kappa shape index (κ2) is 8.56. The summed E-state index contributed by atoms with van der Waals surface area (Å²) in [7, 11) is 0. The third kappa shape index (κ3) is 3.69. The third-order valence-electron chi connectivity index (χ3n) is 5.23. The van der Waals surface area contributed by atoms with Crippen molar-refractivity contribution in [2.45, 2.75) is 26.2 Å². The average molecular weight is 420 g/mol. The monoisotopic (exact) mass is 420 g/mol. The Morgan fingerprint density at radius 3 is 2.28 bits per heavy atom. The second-order valence-corrected chi connectivity index (χ2v) is 7.38. The van der Waals surface area contributed by atoms with Gasteiger partial charge in [-0.15, -0.1) is 0 Å². The number of hydrogen-bond acceptors (Lipinski definition) is 6. The number of nitrogens with zero attached hydrogens (tertiary/aromatic N) is 4. The maximum absolute atomic E-state index is 11.4. The summed E-state index contributed by atoms with van der Waals surface area (Å²) in [6.07, 6.45) is 5.25. The van der Waals surface area contributed by atoms with E-state index in [0.29, 0.717) is 25.9 Å². The van der Waals surface area contributed by atoms with Crippen molar-refractivity contribution in [3.63, 3.8) is 0 Å². The first-order valence-electron chi connectivity index (χ1n) is 10.6. The van der Waals surface area contributed by atoms with Crippen LogP contribution in [-0.4, -0.2) is 32.5 Å². The summed E-state index contributed by atoms with van der Waals surface area (Å²) in [4.78, 5) is 30.4. The molecular weight excluding hydrogens is 400 g/mol. The number of carbonyl (C=O) groups excluding carboxylic acids is 1. The molecule has 5 aromatic rings. The first kappa shape index (κ1) is 19.8. The molecule has 6 heteroatoms. The highest BCUT2D eigenvalue weighted by molar-refractivity contribution is 6.21. The zero-order chi connectivity index (χ0) is 21.9. The minimum absolute atomic E-state index is 0.174. The van der Waals surface area contributed by atoms with E-state index in [-0.39, 0.29) is 5.97 Å². The van der Waals surface area contributed by atoms with Gasteiger partial charge in [-0.3, -0.25) is 14.8 Å². The van der Waals surface area contributed by atoms with Crippen molar-refractivity contribution in [3.05, 3.63) is 60.4 Å². The fourth-order valence-electron chi connectivity index (χ4n) is 3.80. The van der Waals surface area contributed by atoms with Crippen LogP contribution >= 0.6 is 0 Å². The van der Waals surface area contributed by atoms with E-state index in [1.165, 1.54) is 0 Å². The summed E-state index contributed by atoms with van der Waals surface area (Å²) in [6, 6.07) is 13.7. The Hall–Kier alpha value is -4.11. The van der Waals surface area contributed by atoms with E-state index in [4.69, 9.17) is 14.7 Å². The average Bonchev–Trinajstić information content (AvgIpc) is 2.83. The van der Waals surface area contributed by atoms with Crippen LogP contribution in [0, 0.1) is 11.8 Å². The van der Waals surface area contributed by atoms with Crippen LogP contribution in [0.15, 0.2) is 54.9 Å². The van der Waals surface area contributed by atoms with E-state index < -0.39 is 0 Å². The molecule has 3 aromatic heterocycles. The van der Waals surface area contributed by atoms with Gasteiger partial charge < -0.3 is 4.74 Å². The lowest BCUT2D eigenvalue weighted by atomic mass is 10.1. The molecule has 0 aliphatic heterocycles. The fourth-order valence-corrected chi connectivity index (χ4v) is 3.80. The van der Waals surface area contributed by atoms with Crippen molar-refractivity contribution in [1.29, 1.82) is 0 Å².